The van der Waals surface area contributed by atoms with Crippen LogP contribution >= 0.6 is 0 Å². The molecular weight excluding hydrogens is 346 g/mol. The highest BCUT2D eigenvalue weighted by atomic mass is 16.5. The lowest BCUT2D eigenvalue weighted by molar-refractivity contribution is -0.116. The highest BCUT2D eigenvalue weighted by Crippen LogP contribution is 2.31. The van der Waals surface area contributed by atoms with E-state index >= 15 is 0 Å². The van der Waals surface area contributed by atoms with Crippen LogP contribution in [0.1, 0.15) is 17.5 Å². The molecule has 0 spiro atoms. The Bertz CT molecular complexity index is 1040. The summed E-state index contributed by atoms with van der Waals surface area (Å²) in [5, 5.41) is 3.68. The lowest BCUT2D eigenvalue weighted by Gasteiger charge is -2.12. The number of ether oxygens (including phenoxy) is 2. The van der Waals surface area contributed by atoms with Gasteiger partial charge in [0.2, 0.25) is 5.91 Å². The minimum absolute atomic E-state index is 0.144. The van der Waals surface area contributed by atoms with E-state index in [1.807, 2.05) is 31.2 Å². The molecule has 3 rings (SSSR count). The minimum Gasteiger partial charge on any atom is -0.493 e. The number of hydrogen-bond acceptors (Lipinski definition) is 5. The minimum atomic E-state index is -0.409. The molecule has 6 heteroatoms. The summed E-state index contributed by atoms with van der Waals surface area (Å²) < 4.78 is 15.9. The molecule has 0 unspecified atom stereocenters. The van der Waals surface area contributed by atoms with Crippen LogP contribution in [0.3, 0.4) is 0 Å². The van der Waals surface area contributed by atoms with Crippen LogP contribution < -0.4 is 20.4 Å². The van der Waals surface area contributed by atoms with Crippen LogP contribution in [0.4, 0.5) is 5.69 Å². The molecule has 6 nitrogen and oxygen atoms in total. The lowest BCUT2D eigenvalue weighted by atomic mass is 10.1. The van der Waals surface area contributed by atoms with Gasteiger partial charge in [0.1, 0.15) is 5.58 Å². The summed E-state index contributed by atoms with van der Waals surface area (Å²) in [5.74, 6) is 1.13. The molecule has 3 aromatic rings. The SMILES string of the molecule is COc1cccc(CCC(=O)Nc2ccc3c(C)cc(=O)oc3c2)c1OC. The first-order valence-corrected chi connectivity index (χ1v) is 8.56. The number of hydrogen-bond donors (Lipinski definition) is 1. The first-order valence-electron chi connectivity index (χ1n) is 8.56. The van der Waals surface area contributed by atoms with Gasteiger partial charge < -0.3 is 19.2 Å². The molecule has 0 radical (unpaired) electrons. The Morgan fingerprint density at radius 2 is 1.93 bits per heavy atom. The maximum absolute atomic E-state index is 12.3. The number of para-hydroxylation sites is 1. The Kier molecular flexibility index (Phi) is 5.45. The Morgan fingerprint density at radius 3 is 2.67 bits per heavy atom. The summed E-state index contributed by atoms with van der Waals surface area (Å²) in [6.45, 7) is 1.85. The topological polar surface area (TPSA) is 77.8 Å². The number of nitrogens with one attached hydrogen (secondary N) is 1. The van der Waals surface area contributed by atoms with Gasteiger partial charge in [0, 0.05) is 29.6 Å². The van der Waals surface area contributed by atoms with Crippen LogP contribution in [-0.2, 0) is 11.2 Å². The van der Waals surface area contributed by atoms with E-state index in [1.165, 1.54) is 6.07 Å². The fourth-order valence-electron chi connectivity index (χ4n) is 3.02. The van der Waals surface area contributed by atoms with Crippen molar-refractivity contribution in [3.8, 4) is 11.5 Å². The van der Waals surface area contributed by atoms with Crippen molar-refractivity contribution in [3.63, 3.8) is 0 Å². The summed E-state index contributed by atoms with van der Waals surface area (Å²) in [5.41, 5.74) is 2.36. The van der Waals surface area contributed by atoms with Crippen molar-refractivity contribution < 1.29 is 18.7 Å². The number of aryl methyl sites for hydroxylation is 2. The van der Waals surface area contributed by atoms with E-state index in [1.54, 1.807) is 26.4 Å². The second-order valence-corrected chi connectivity index (χ2v) is 6.16. The van der Waals surface area contributed by atoms with Crippen LogP contribution in [0.5, 0.6) is 11.5 Å². The summed E-state index contributed by atoms with van der Waals surface area (Å²) >= 11 is 0. The number of fused-ring (bicyclic) bond motifs is 1. The lowest BCUT2D eigenvalue weighted by Crippen LogP contribution is -2.12. The summed E-state index contributed by atoms with van der Waals surface area (Å²) in [4.78, 5) is 23.9. The maximum Gasteiger partial charge on any atom is 0.336 e. The third-order valence-corrected chi connectivity index (χ3v) is 4.34. The van der Waals surface area contributed by atoms with Crippen molar-refractivity contribution >= 4 is 22.6 Å². The first kappa shape index (κ1) is 18.5. The first-order chi connectivity index (χ1) is 13.0. The molecule has 0 aliphatic heterocycles. The monoisotopic (exact) mass is 367 g/mol. The fourth-order valence-corrected chi connectivity index (χ4v) is 3.02. The molecule has 0 saturated heterocycles. The zero-order valence-electron chi connectivity index (χ0n) is 15.5. The molecule has 0 saturated carbocycles. The number of carbonyl (C=O) groups excluding carboxylic acids is 1. The number of benzene rings is 2. The van der Waals surface area contributed by atoms with E-state index in [0.717, 1.165) is 16.5 Å². The molecule has 2 aromatic carbocycles. The van der Waals surface area contributed by atoms with Crippen molar-refractivity contribution in [1.82, 2.24) is 0 Å². The average Bonchev–Trinajstić information content (AvgIpc) is 2.65. The molecular formula is C21H21NO5. The normalized spacial score (nSPS) is 10.6. The Morgan fingerprint density at radius 1 is 1.11 bits per heavy atom. The molecule has 1 N–H and O–H groups in total. The molecule has 27 heavy (non-hydrogen) atoms. The van der Waals surface area contributed by atoms with E-state index in [4.69, 9.17) is 13.9 Å². The second-order valence-electron chi connectivity index (χ2n) is 6.16. The number of carbonyl (C=O) groups is 1. The Hall–Kier alpha value is -3.28. The highest BCUT2D eigenvalue weighted by Gasteiger charge is 2.12. The zero-order valence-corrected chi connectivity index (χ0v) is 15.5. The molecule has 1 heterocycles. The molecule has 0 aliphatic rings. The van der Waals surface area contributed by atoms with Gasteiger partial charge >= 0.3 is 5.63 Å². The van der Waals surface area contributed by atoms with Gasteiger partial charge in [0.25, 0.3) is 0 Å². The van der Waals surface area contributed by atoms with Gasteiger partial charge in [-0.25, -0.2) is 4.79 Å². The molecule has 1 amide bonds. The maximum atomic E-state index is 12.3. The standard InChI is InChI=1S/C21H21NO5/c1-13-11-20(24)27-18-12-15(8-9-16(13)18)22-19(23)10-7-14-5-4-6-17(25-2)21(14)26-3/h4-6,8-9,11-12H,7,10H2,1-3H3,(H,22,23). The number of methoxy groups -OCH3 is 2. The van der Waals surface area contributed by atoms with Gasteiger partial charge in [-0.2, -0.15) is 0 Å². The van der Waals surface area contributed by atoms with Gasteiger partial charge in [-0.1, -0.05) is 12.1 Å². The van der Waals surface area contributed by atoms with Crippen molar-refractivity contribution in [2.75, 3.05) is 19.5 Å². The van der Waals surface area contributed by atoms with Crippen molar-refractivity contribution in [1.29, 1.82) is 0 Å². The van der Waals surface area contributed by atoms with E-state index in [0.29, 0.717) is 29.2 Å². The third kappa shape index (κ3) is 4.11. The summed E-state index contributed by atoms with van der Waals surface area (Å²) in [6, 6.07) is 12.3. The second kappa shape index (κ2) is 7.95. The molecule has 0 atom stereocenters. The number of anilines is 1. The van der Waals surface area contributed by atoms with Gasteiger partial charge in [0.05, 0.1) is 14.2 Å². The highest BCUT2D eigenvalue weighted by molar-refractivity contribution is 5.93. The zero-order chi connectivity index (χ0) is 19.4. The van der Waals surface area contributed by atoms with Crippen LogP contribution in [0.25, 0.3) is 11.0 Å². The predicted octanol–water partition coefficient (Wildman–Crippen LogP) is 3.69. The third-order valence-electron chi connectivity index (χ3n) is 4.34. The van der Waals surface area contributed by atoms with Crippen molar-refractivity contribution in [2.24, 2.45) is 0 Å². The van der Waals surface area contributed by atoms with Crippen LogP contribution in [-0.4, -0.2) is 20.1 Å². The Labute approximate surface area is 156 Å². The smallest absolute Gasteiger partial charge is 0.336 e. The van der Waals surface area contributed by atoms with Gasteiger partial charge in [-0.15, -0.1) is 0 Å². The van der Waals surface area contributed by atoms with Crippen LogP contribution in [0.15, 0.2) is 51.7 Å². The average molecular weight is 367 g/mol. The molecule has 140 valence electrons. The predicted molar refractivity (Wildman–Crippen MR) is 104 cm³/mol. The molecule has 0 bridgehead atoms. The number of rotatable bonds is 6. The van der Waals surface area contributed by atoms with E-state index in [9.17, 15) is 9.59 Å². The molecule has 0 fully saturated rings. The molecule has 0 aliphatic carbocycles. The van der Waals surface area contributed by atoms with E-state index < -0.39 is 5.63 Å². The Balaban J connectivity index is 1.71. The van der Waals surface area contributed by atoms with E-state index in [-0.39, 0.29) is 12.3 Å². The van der Waals surface area contributed by atoms with E-state index in [2.05, 4.69) is 5.32 Å². The van der Waals surface area contributed by atoms with Gasteiger partial charge in [0.15, 0.2) is 11.5 Å². The quantitative estimate of drug-likeness (QED) is 0.672. The fraction of sp³-hybridized carbons (Fsp3) is 0.238. The van der Waals surface area contributed by atoms with Gasteiger partial charge in [-0.05, 0) is 42.7 Å². The van der Waals surface area contributed by atoms with Crippen LogP contribution in [0, 0.1) is 6.92 Å². The van der Waals surface area contributed by atoms with Crippen molar-refractivity contribution in [3.05, 3.63) is 64.0 Å². The summed E-state index contributed by atoms with van der Waals surface area (Å²) in [6.07, 6.45) is 0.785. The van der Waals surface area contributed by atoms with Gasteiger partial charge in [-0.3, -0.25) is 4.79 Å². The number of amides is 1. The molecule has 1 aromatic heterocycles. The van der Waals surface area contributed by atoms with Crippen LogP contribution in [0.2, 0.25) is 0 Å². The summed E-state index contributed by atoms with van der Waals surface area (Å²) in [7, 11) is 3.15. The van der Waals surface area contributed by atoms with Crippen molar-refractivity contribution in [2.45, 2.75) is 19.8 Å². The largest absolute Gasteiger partial charge is 0.493 e.